The number of aryl methyl sites for hydroxylation is 1. The van der Waals surface area contributed by atoms with Gasteiger partial charge in [-0.3, -0.25) is 5.84 Å². The van der Waals surface area contributed by atoms with E-state index in [1.54, 1.807) is 6.07 Å². The molecule has 0 aromatic heterocycles. The monoisotopic (exact) mass is 358 g/mol. The highest BCUT2D eigenvalue weighted by Gasteiger charge is 2.17. The van der Waals surface area contributed by atoms with Crippen LogP contribution in [0.3, 0.4) is 0 Å². The van der Waals surface area contributed by atoms with Gasteiger partial charge in [0.2, 0.25) is 0 Å². The molecule has 0 aliphatic rings. The second-order valence-electron chi connectivity index (χ2n) is 4.25. The number of hydrazine groups is 1. The highest BCUT2D eigenvalue weighted by molar-refractivity contribution is 9.10. The summed E-state index contributed by atoms with van der Waals surface area (Å²) in [4.78, 5) is 0. The van der Waals surface area contributed by atoms with Crippen LogP contribution in [0.5, 0.6) is 0 Å². The van der Waals surface area contributed by atoms with E-state index in [9.17, 15) is 0 Å². The molecular formula is C14H13BrCl2N2. The zero-order valence-corrected chi connectivity index (χ0v) is 13.4. The van der Waals surface area contributed by atoms with Crippen molar-refractivity contribution in [1.82, 2.24) is 5.43 Å². The summed E-state index contributed by atoms with van der Waals surface area (Å²) in [5.41, 5.74) is 5.99. The van der Waals surface area contributed by atoms with E-state index in [0.717, 1.165) is 21.2 Å². The summed E-state index contributed by atoms with van der Waals surface area (Å²) in [7, 11) is 0. The Morgan fingerprint density at radius 2 is 1.89 bits per heavy atom. The van der Waals surface area contributed by atoms with Crippen LogP contribution in [0.4, 0.5) is 0 Å². The highest BCUT2D eigenvalue weighted by Crippen LogP contribution is 2.33. The van der Waals surface area contributed by atoms with Crippen molar-refractivity contribution in [1.29, 1.82) is 0 Å². The highest BCUT2D eigenvalue weighted by atomic mass is 79.9. The molecule has 1 atom stereocenters. The van der Waals surface area contributed by atoms with Crippen molar-refractivity contribution in [3.05, 3.63) is 67.6 Å². The second-order valence-corrected chi connectivity index (χ2v) is 5.86. The lowest BCUT2D eigenvalue weighted by Crippen LogP contribution is -2.29. The Labute approximate surface area is 131 Å². The maximum Gasteiger partial charge on any atom is 0.0721 e. The van der Waals surface area contributed by atoms with Crippen molar-refractivity contribution in [2.45, 2.75) is 13.0 Å². The van der Waals surface area contributed by atoms with E-state index >= 15 is 0 Å². The number of nitrogens with one attached hydrogen (secondary N) is 1. The molecular weight excluding hydrogens is 347 g/mol. The third-order valence-electron chi connectivity index (χ3n) is 2.98. The summed E-state index contributed by atoms with van der Waals surface area (Å²) in [5, 5.41) is 1.05. The average Bonchev–Trinajstić information content (AvgIpc) is 2.39. The van der Waals surface area contributed by atoms with E-state index in [0.29, 0.717) is 10.0 Å². The molecule has 0 saturated heterocycles. The third-order valence-corrected chi connectivity index (χ3v) is 4.80. The summed E-state index contributed by atoms with van der Waals surface area (Å²) in [6, 6.07) is 11.4. The first-order chi connectivity index (χ1) is 9.04. The van der Waals surface area contributed by atoms with Crippen LogP contribution in [0.1, 0.15) is 22.7 Å². The number of nitrogens with two attached hydrogens (primary N) is 1. The molecule has 2 aromatic carbocycles. The van der Waals surface area contributed by atoms with Crippen LogP contribution >= 0.6 is 39.1 Å². The van der Waals surface area contributed by atoms with Gasteiger partial charge in [0.25, 0.3) is 0 Å². The Hall–Kier alpha value is -0.580. The van der Waals surface area contributed by atoms with Crippen LogP contribution in [0, 0.1) is 6.92 Å². The molecule has 0 saturated carbocycles. The van der Waals surface area contributed by atoms with Crippen molar-refractivity contribution in [2.75, 3.05) is 0 Å². The lowest BCUT2D eigenvalue weighted by atomic mass is 9.98. The summed E-state index contributed by atoms with van der Waals surface area (Å²) in [6.07, 6.45) is 0. The molecule has 0 amide bonds. The lowest BCUT2D eigenvalue weighted by molar-refractivity contribution is 0.634. The van der Waals surface area contributed by atoms with E-state index < -0.39 is 0 Å². The van der Waals surface area contributed by atoms with Crippen LogP contribution in [0.2, 0.25) is 10.0 Å². The van der Waals surface area contributed by atoms with Crippen molar-refractivity contribution in [3.8, 4) is 0 Å². The zero-order valence-electron chi connectivity index (χ0n) is 10.3. The number of hydrogen-bond acceptors (Lipinski definition) is 2. The summed E-state index contributed by atoms with van der Waals surface area (Å²) >= 11 is 15.6. The molecule has 0 radical (unpaired) electrons. The fourth-order valence-corrected chi connectivity index (χ4v) is 2.75. The van der Waals surface area contributed by atoms with Gasteiger partial charge in [0.05, 0.1) is 16.1 Å². The first-order valence-corrected chi connectivity index (χ1v) is 7.25. The molecule has 1 unspecified atom stereocenters. The van der Waals surface area contributed by atoms with E-state index in [4.69, 9.17) is 29.0 Å². The minimum absolute atomic E-state index is 0.149. The molecule has 3 N–H and O–H groups in total. The van der Waals surface area contributed by atoms with E-state index in [1.165, 1.54) is 0 Å². The number of halogens is 3. The molecule has 100 valence electrons. The minimum atomic E-state index is -0.149. The van der Waals surface area contributed by atoms with Gasteiger partial charge in [-0.1, -0.05) is 63.4 Å². The first kappa shape index (κ1) is 14.8. The maximum atomic E-state index is 6.06. The predicted octanol–water partition coefficient (Wildman–Crippen LogP) is 4.62. The molecule has 19 heavy (non-hydrogen) atoms. The molecule has 0 fully saturated rings. The van der Waals surface area contributed by atoms with Gasteiger partial charge < -0.3 is 0 Å². The van der Waals surface area contributed by atoms with Gasteiger partial charge in [0, 0.05) is 4.47 Å². The molecule has 0 heterocycles. The first-order valence-electron chi connectivity index (χ1n) is 5.70. The minimum Gasteiger partial charge on any atom is -0.271 e. The van der Waals surface area contributed by atoms with Gasteiger partial charge in [-0.15, -0.1) is 0 Å². The molecule has 0 aliphatic heterocycles. The summed E-state index contributed by atoms with van der Waals surface area (Å²) in [5.74, 6) is 5.70. The normalized spacial score (nSPS) is 12.5. The molecule has 0 aliphatic carbocycles. The van der Waals surface area contributed by atoms with Crippen LogP contribution in [0.15, 0.2) is 40.9 Å². The van der Waals surface area contributed by atoms with E-state index in [-0.39, 0.29) is 6.04 Å². The summed E-state index contributed by atoms with van der Waals surface area (Å²) < 4.78 is 1.03. The Bertz CT molecular complexity index is 602. The van der Waals surface area contributed by atoms with Crippen LogP contribution in [0.25, 0.3) is 0 Å². The van der Waals surface area contributed by atoms with Gasteiger partial charge in [0.15, 0.2) is 0 Å². The maximum absolute atomic E-state index is 6.06. The fraction of sp³-hybridized carbons (Fsp3) is 0.143. The van der Waals surface area contributed by atoms with Crippen LogP contribution in [-0.4, -0.2) is 0 Å². The quantitative estimate of drug-likeness (QED) is 0.620. The van der Waals surface area contributed by atoms with Crippen LogP contribution in [-0.2, 0) is 0 Å². The standard InChI is InChI=1S/C14H13BrCl2N2/c1-8-3-2-4-10(13(8)15)14(19-18)9-5-6-11(16)12(17)7-9/h2-7,14,19H,18H2,1H3. The number of benzene rings is 2. The van der Waals surface area contributed by atoms with Crippen molar-refractivity contribution >= 4 is 39.1 Å². The molecule has 0 bridgehead atoms. The van der Waals surface area contributed by atoms with Gasteiger partial charge in [0.1, 0.15) is 0 Å². The fourth-order valence-electron chi connectivity index (χ4n) is 1.95. The number of rotatable bonds is 3. The van der Waals surface area contributed by atoms with Crippen molar-refractivity contribution in [3.63, 3.8) is 0 Å². The van der Waals surface area contributed by atoms with Crippen LogP contribution < -0.4 is 11.3 Å². The average molecular weight is 360 g/mol. The van der Waals surface area contributed by atoms with E-state index in [1.807, 2.05) is 37.3 Å². The van der Waals surface area contributed by atoms with Gasteiger partial charge >= 0.3 is 0 Å². The smallest absolute Gasteiger partial charge is 0.0721 e. The zero-order chi connectivity index (χ0) is 14.0. The SMILES string of the molecule is Cc1cccc(C(NN)c2ccc(Cl)c(Cl)c2)c1Br. The molecule has 0 spiro atoms. The Morgan fingerprint density at radius 3 is 2.53 bits per heavy atom. The topological polar surface area (TPSA) is 38.0 Å². The van der Waals surface area contributed by atoms with E-state index in [2.05, 4.69) is 21.4 Å². The molecule has 2 rings (SSSR count). The van der Waals surface area contributed by atoms with Gasteiger partial charge in [-0.05, 0) is 35.7 Å². The Morgan fingerprint density at radius 1 is 1.16 bits per heavy atom. The Balaban J connectivity index is 2.50. The summed E-state index contributed by atoms with van der Waals surface area (Å²) in [6.45, 7) is 2.04. The van der Waals surface area contributed by atoms with Crippen molar-refractivity contribution < 1.29 is 0 Å². The predicted molar refractivity (Wildman–Crippen MR) is 84.5 cm³/mol. The Kier molecular flexibility index (Phi) is 4.87. The molecule has 2 nitrogen and oxygen atoms in total. The lowest BCUT2D eigenvalue weighted by Gasteiger charge is -2.19. The van der Waals surface area contributed by atoms with Gasteiger partial charge in [-0.25, -0.2) is 5.43 Å². The largest absolute Gasteiger partial charge is 0.271 e. The van der Waals surface area contributed by atoms with Crippen molar-refractivity contribution in [2.24, 2.45) is 5.84 Å². The molecule has 2 aromatic rings. The molecule has 5 heteroatoms. The number of hydrogen-bond donors (Lipinski definition) is 2. The second kappa shape index (κ2) is 6.25. The van der Waals surface area contributed by atoms with Gasteiger partial charge in [-0.2, -0.15) is 0 Å². The third kappa shape index (κ3) is 3.12.